The Morgan fingerprint density at radius 3 is 1.22 bits per heavy atom. The van der Waals surface area contributed by atoms with Crippen molar-refractivity contribution in [1.29, 1.82) is 0 Å². The zero-order chi connectivity index (χ0) is 21.7. The molecule has 0 aliphatic carbocycles. The highest BCUT2D eigenvalue weighted by atomic mass is 16.1. The first-order valence-electron chi connectivity index (χ1n) is 10.5. The van der Waals surface area contributed by atoms with Gasteiger partial charge in [-0.25, -0.2) is 0 Å². The quantitative estimate of drug-likeness (QED) is 0.349. The Morgan fingerprint density at radius 1 is 0.438 bits per heavy atom. The summed E-state index contributed by atoms with van der Waals surface area (Å²) in [7, 11) is 0. The molecule has 0 saturated carbocycles. The van der Waals surface area contributed by atoms with E-state index in [1.807, 2.05) is 84.9 Å². The lowest BCUT2D eigenvalue weighted by Gasteiger charge is -2.11. The number of nitrogens with one attached hydrogen (secondary N) is 2. The highest BCUT2D eigenvalue weighted by molar-refractivity contribution is 6.15. The molecule has 4 aromatic carbocycles. The standard InChI is InChI=1S/C28H18N2O2/c31-25-15-23(17-7-3-1-4-8-17)29-27-19-11-14-22-26(32)16-24(18-9-5-2-6-10-18)30-28(22)20(19)12-13-21(25)27/h1-16H,(H,29,31)(H,30,32). The van der Waals surface area contributed by atoms with Gasteiger partial charge in [-0.3, -0.25) is 9.59 Å². The average Bonchev–Trinajstić information content (AvgIpc) is 2.84. The maximum atomic E-state index is 12.9. The molecule has 0 atom stereocenters. The highest BCUT2D eigenvalue weighted by Crippen LogP contribution is 2.30. The number of rotatable bonds is 2. The van der Waals surface area contributed by atoms with E-state index in [2.05, 4.69) is 9.97 Å². The van der Waals surface area contributed by atoms with Crippen LogP contribution in [0.2, 0.25) is 0 Å². The Morgan fingerprint density at radius 2 is 0.812 bits per heavy atom. The third-order valence-electron chi connectivity index (χ3n) is 5.97. The summed E-state index contributed by atoms with van der Waals surface area (Å²) in [6.07, 6.45) is 0. The van der Waals surface area contributed by atoms with Crippen molar-refractivity contribution in [3.63, 3.8) is 0 Å². The molecule has 32 heavy (non-hydrogen) atoms. The van der Waals surface area contributed by atoms with Crippen LogP contribution in [0.15, 0.2) is 107 Å². The number of H-pyrrole nitrogens is 2. The lowest BCUT2D eigenvalue weighted by atomic mass is 10.0. The van der Waals surface area contributed by atoms with Crippen LogP contribution in [0.1, 0.15) is 0 Å². The van der Waals surface area contributed by atoms with Crippen molar-refractivity contribution in [2.24, 2.45) is 0 Å². The molecular formula is C28H18N2O2. The summed E-state index contributed by atoms with van der Waals surface area (Å²) in [4.78, 5) is 32.7. The van der Waals surface area contributed by atoms with Gasteiger partial charge < -0.3 is 9.97 Å². The second kappa shape index (κ2) is 7.06. The molecule has 0 radical (unpaired) electrons. The first-order chi connectivity index (χ1) is 15.7. The van der Waals surface area contributed by atoms with Crippen molar-refractivity contribution < 1.29 is 0 Å². The number of hydrogen-bond donors (Lipinski definition) is 2. The molecule has 0 aliphatic heterocycles. The van der Waals surface area contributed by atoms with Gasteiger partial charge in [0.15, 0.2) is 10.9 Å². The Hall–Kier alpha value is -4.44. The molecule has 0 spiro atoms. The van der Waals surface area contributed by atoms with E-state index < -0.39 is 0 Å². The summed E-state index contributed by atoms with van der Waals surface area (Å²) in [5.74, 6) is 0. The number of aromatic amines is 2. The van der Waals surface area contributed by atoms with Gasteiger partial charge in [-0.15, -0.1) is 0 Å². The van der Waals surface area contributed by atoms with Crippen molar-refractivity contribution in [2.45, 2.75) is 0 Å². The lowest BCUT2D eigenvalue weighted by Crippen LogP contribution is -2.05. The van der Waals surface area contributed by atoms with Gasteiger partial charge in [-0.2, -0.15) is 0 Å². The van der Waals surface area contributed by atoms with Crippen LogP contribution < -0.4 is 10.9 Å². The first kappa shape index (κ1) is 18.3. The molecule has 0 amide bonds. The molecule has 2 aromatic heterocycles. The van der Waals surface area contributed by atoms with Crippen LogP contribution in [0, 0.1) is 0 Å². The van der Waals surface area contributed by atoms with Crippen LogP contribution in [-0.4, -0.2) is 9.97 Å². The fourth-order valence-corrected chi connectivity index (χ4v) is 4.39. The van der Waals surface area contributed by atoms with Gasteiger partial charge in [0.2, 0.25) is 0 Å². The van der Waals surface area contributed by atoms with E-state index >= 15 is 0 Å². The van der Waals surface area contributed by atoms with E-state index in [0.717, 1.165) is 44.3 Å². The van der Waals surface area contributed by atoms with Gasteiger partial charge in [0.1, 0.15) is 0 Å². The first-order valence-corrected chi connectivity index (χ1v) is 10.5. The van der Waals surface area contributed by atoms with Crippen molar-refractivity contribution in [3.05, 3.63) is 118 Å². The zero-order valence-electron chi connectivity index (χ0n) is 17.1. The summed E-state index contributed by atoms with van der Waals surface area (Å²) < 4.78 is 0. The van der Waals surface area contributed by atoms with E-state index in [9.17, 15) is 9.59 Å². The van der Waals surface area contributed by atoms with E-state index in [1.165, 1.54) is 0 Å². The number of benzene rings is 4. The number of pyridine rings is 2. The molecule has 0 unspecified atom stereocenters. The molecule has 152 valence electrons. The molecule has 2 N–H and O–H groups in total. The van der Waals surface area contributed by atoms with Crippen LogP contribution in [-0.2, 0) is 0 Å². The van der Waals surface area contributed by atoms with Crippen LogP contribution >= 0.6 is 0 Å². The van der Waals surface area contributed by atoms with Gasteiger partial charge in [-0.1, -0.05) is 72.8 Å². The Bertz CT molecular complexity index is 1620. The van der Waals surface area contributed by atoms with Crippen molar-refractivity contribution in [2.75, 3.05) is 0 Å². The molecule has 0 fully saturated rings. The minimum absolute atomic E-state index is 0.0360. The Balaban J connectivity index is 1.70. The summed E-state index contributed by atoms with van der Waals surface area (Å²) in [5, 5.41) is 3.03. The number of aromatic nitrogens is 2. The summed E-state index contributed by atoms with van der Waals surface area (Å²) in [6.45, 7) is 0. The lowest BCUT2D eigenvalue weighted by molar-refractivity contribution is 1.38. The van der Waals surface area contributed by atoms with Gasteiger partial charge in [0, 0.05) is 45.1 Å². The Kier molecular flexibility index (Phi) is 4.05. The predicted molar refractivity (Wildman–Crippen MR) is 131 cm³/mol. The summed E-state index contributed by atoms with van der Waals surface area (Å²) in [6, 6.07) is 30.4. The monoisotopic (exact) mass is 414 g/mol. The SMILES string of the molecule is O=c1cc(-c2ccccc2)[nH]c2c1ccc1c2ccc2c(=O)cc(-c3ccccc3)[nH]c21. The minimum Gasteiger partial charge on any atom is -0.354 e. The van der Waals surface area contributed by atoms with Crippen LogP contribution in [0.3, 0.4) is 0 Å². The van der Waals surface area contributed by atoms with Crippen molar-refractivity contribution in [3.8, 4) is 22.5 Å². The molecular weight excluding hydrogens is 396 g/mol. The third-order valence-corrected chi connectivity index (χ3v) is 5.97. The van der Waals surface area contributed by atoms with Crippen LogP contribution in [0.4, 0.5) is 0 Å². The van der Waals surface area contributed by atoms with Gasteiger partial charge in [0.05, 0.1) is 11.0 Å². The second-order valence-corrected chi connectivity index (χ2v) is 7.90. The summed E-state index contributed by atoms with van der Waals surface area (Å²) >= 11 is 0. The topological polar surface area (TPSA) is 65.7 Å². The van der Waals surface area contributed by atoms with E-state index in [0.29, 0.717) is 10.8 Å². The molecule has 0 saturated heterocycles. The third kappa shape index (κ3) is 2.85. The minimum atomic E-state index is -0.0360. The number of fused-ring (bicyclic) bond motifs is 5. The second-order valence-electron chi connectivity index (χ2n) is 7.90. The van der Waals surface area contributed by atoms with Crippen molar-refractivity contribution in [1.82, 2.24) is 9.97 Å². The van der Waals surface area contributed by atoms with E-state index in [1.54, 1.807) is 12.1 Å². The van der Waals surface area contributed by atoms with Gasteiger partial charge in [0.25, 0.3) is 0 Å². The highest BCUT2D eigenvalue weighted by Gasteiger charge is 2.12. The maximum absolute atomic E-state index is 12.9. The summed E-state index contributed by atoms with van der Waals surface area (Å²) in [5.41, 5.74) is 4.89. The average molecular weight is 414 g/mol. The zero-order valence-corrected chi connectivity index (χ0v) is 17.1. The number of hydrogen-bond acceptors (Lipinski definition) is 2. The predicted octanol–water partition coefficient (Wildman–Crippen LogP) is 5.86. The molecule has 2 heterocycles. The maximum Gasteiger partial charge on any atom is 0.190 e. The molecule has 0 aliphatic rings. The molecule has 6 rings (SSSR count). The van der Waals surface area contributed by atoms with Gasteiger partial charge >= 0.3 is 0 Å². The fraction of sp³-hybridized carbons (Fsp3) is 0. The molecule has 4 heteroatoms. The van der Waals surface area contributed by atoms with Gasteiger partial charge in [-0.05, 0) is 23.3 Å². The molecule has 0 bridgehead atoms. The molecule has 6 aromatic rings. The van der Waals surface area contributed by atoms with E-state index in [4.69, 9.17) is 0 Å². The fourth-order valence-electron chi connectivity index (χ4n) is 4.39. The van der Waals surface area contributed by atoms with Crippen LogP contribution in [0.5, 0.6) is 0 Å². The normalized spacial score (nSPS) is 11.4. The van der Waals surface area contributed by atoms with Crippen molar-refractivity contribution >= 4 is 32.6 Å². The largest absolute Gasteiger partial charge is 0.354 e. The van der Waals surface area contributed by atoms with Crippen LogP contribution in [0.25, 0.3) is 55.1 Å². The smallest absolute Gasteiger partial charge is 0.190 e. The Labute approximate surface area is 182 Å². The molecule has 4 nitrogen and oxygen atoms in total. The van der Waals surface area contributed by atoms with E-state index in [-0.39, 0.29) is 10.9 Å².